The SMILES string of the molecule is CCCCCCCCCC(N)=O.CCCCCCCCCC(N)=O.O=C(O)CCCC#CC#CCCCC(=O)O. The van der Waals surface area contributed by atoms with Gasteiger partial charge in [0.15, 0.2) is 0 Å². The van der Waals surface area contributed by atoms with E-state index in [0.29, 0.717) is 38.5 Å². The summed E-state index contributed by atoms with van der Waals surface area (Å²) in [7, 11) is 0. The second-order valence-corrected chi connectivity index (χ2v) is 9.77. The molecule has 0 aliphatic heterocycles. The molecule has 0 atom stereocenters. The minimum Gasteiger partial charge on any atom is -0.481 e. The number of aliphatic carboxylic acids is 2. The van der Waals surface area contributed by atoms with Crippen LogP contribution < -0.4 is 11.5 Å². The van der Waals surface area contributed by atoms with E-state index in [4.69, 9.17) is 21.7 Å². The first-order valence-corrected chi connectivity index (χ1v) is 15.1. The molecule has 0 radical (unpaired) electrons. The van der Waals surface area contributed by atoms with Crippen molar-refractivity contribution in [3.63, 3.8) is 0 Å². The fourth-order valence-electron chi connectivity index (χ4n) is 3.38. The van der Waals surface area contributed by atoms with Gasteiger partial charge in [-0.3, -0.25) is 19.2 Å². The largest absolute Gasteiger partial charge is 0.481 e. The lowest BCUT2D eigenvalue weighted by atomic mass is 10.1. The molecule has 6 N–H and O–H groups in total. The number of unbranched alkanes of at least 4 members (excludes halogenated alkanes) is 14. The van der Waals surface area contributed by atoms with Crippen LogP contribution in [0.4, 0.5) is 0 Å². The average Bonchev–Trinajstić information content (AvgIpc) is 2.89. The molecule has 0 saturated carbocycles. The molecule has 0 aliphatic rings. The van der Waals surface area contributed by atoms with E-state index in [1.54, 1.807) is 0 Å². The molecular formula is C32H56N2O6. The topological polar surface area (TPSA) is 161 Å². The molecule has 0 rings (SSSR count). The highest BCUT2D eigenvalue weighted by molar-refractivity contribution is 5.73. The first-order valence-electron chi connectivity index (χ1n) is 15.1. The first kappa shape index (κ1) is 41.5. The number of hydrogen-bond acceptors (Lipinski definition) is 4. The average molecular weight is 565 g/mol. The molecule has 0 heterocycles. The van der Waals surface area contributed by atoms with Crippen molar-refractivity contribution >= 4 is 23.8 Å². The van der Waals surface area contributed by atoms with Gasteiger partial charge in [-0.05, 0) is 37.5 Å². The summed E-state index contributed by atoms with van der Waals surface area (Å²) in [5, 5.41) is 16.7. The Morgan fingerprint density at radius 2 is 0.775 bits per heavy atom. The number of hydrogen-bond donors (Lipinski definition) is 4. The van der Waals surface area contributed by atoms with Crippen molar-refractivity contribution in [2.45, 2.75) is 155 Å². The first-order chi connectivity index (χ1) is 19.2. The van der Waals surface area contributed by atoms with Crippen LogP contribution in [0.2, 0.25) is 0 Å². The van der Waals surface area contributed by atoms with Crippen LogP contribution in [0.25, 0.3) is 0 Å². The molecule has 0 aromatic heterocycles. The predicted molar refractivity (Wildman–Crippen MR) is 162 cm³/mol. The van der Waals surface area contributed by atoms with E-state index >= 15 is 0 Å². The summed E-state index contributed by atoms with van der Waals surface area (Å²) < 4.78 is 0. The number of carbonyl (C=O) groups is 4. The Hall–Kier alpha value is -3.00. The highest BCUT2D eigenvalue weighted by Crippen LogP contribution is 2.08. The van der Waals surface area contributed by atoms with Gasteiger partial charge in [0.25, 0.3) is 0 Å². The number of amides is 2. The summed E-state index contributed by atoms with van der Waals surface area (Å²) in [4.78, 5) is 41.0. The molecular weight excluding hydrogens is 508 g/mol. The van der Waals surface area contributed by atoms with Crippen LogP contribution in [0.15, 0.2) is 0 Å². The van der Waals surface area contributed by atoms with Crippen LogP contribution in [0.3, 0.4) is 0 Å². The van der Waals surface area contributed by atoms with Crippen LogP contribution in [0.5, 0.6) is 0 Å². The van der Waals surface area contributed by atoms with Gasteiger partial charge in [-0.2, -0.15) is 0 Å². The molecule has 0 saturated heterocycles. The zero-order valence-electron chi connectivity index (χ0n) is 25.2. The van der Waals surface area contributed by atoms with Crippen molar-refractivity contribution in [3.8, 4) is 23.7 Å². The minimum absolute atomic E-state index is 0.126. The van der Waals surface area contributed by atoms with Gasteiger partial charge in [-0.25, -0.2) is 0 Å². The van der Waals surface area contributed by atoms with Crippen LogP contribution in [0.1, 0.15) is 155 Å². The molecule has 0 aromatic rings. The molecule has 0 fully saturated rings. The summed E-state index contributed by atoms with van der Waals surface area (Å²) in [5.41, 5.74) is 10.0. The maximum absolute atomic E-state index is 10.4. The van der Waals surface area contributed by atoms with Crippen LogP contribution in [0, 0.1) is 23.7 Å². The molecule has 8 heteroatoms. The summed E-state index contributed by atoms with van der Waals surface area (Å²) >= 11 is 0. The van der Waals surface area contributed by atoms with Crippen LogP contribution in [-0.2, 0) is 19.2 Å². The van der Waals surface area contributed by atoms with Gasteiger partial charge in [-0.1, -0.05) is 103 Å². The second kappa shape index (κ2) is 36.0. The lowest BCUT2D eigenvalue weighted by Gasteiger charge is -1.98. The molecule has 40 heavy (non-hydrogen) atoms. The standard InChI is InChI=1S/C12H14O4.2C10H21NO/c13-11(14)9-7-5-3-1-2-4-6-8-10-12(15)16;2*1-2-3-4-5-6-7-8-9-10(11)12/h5-10H2,(H,13,14)(H,15,16);2*2-9H2,1H3,(H2,11,12). The zero-order valence-corrected chi connectivity index (χ0v) is 25.2. The fraction of sp³-hybridized carbons (Fsp3) is 0.750. The number of carbonyl (C=O) groups excluding carboxylic acids is 2. The molecule has 0 aromatic carbocycles. The Morgan fingerprint density at radius 3 is 1.05 bits per heavy atom. The van der Waals surface area contributed by atoms with Crippen molar-refractivity contribution in [2.75, 3.05) is 0 Å². The van der Waals surface area contributed by atoms with Gasteiger partial charge >= 0.3 is 11.9 Å². The van der Waals surface area contributed by atoms with Crippen molar-refractivity contribution in [1.29, 1.82) is 0 Å². The number of carboxylic acid groups (broad SMARTS) is 2. The Labute approximate surface area is 243 Å². The van der Waals surface area contributed by atoms with E-state index in [1.165, 1.54) is 64.2 Å². The molecule has 0 bridgehead atoms. The third-order valence-electron chi connectivity index (χ3n) is 5.68. The number of rotatable bonds is 22. The second-order valence-electron chi connectivity index (χ2n) is 9.77. The molecule has 2 amide bonds. The van der Waals surface area contributed by atoms with Gasteiger partial charge in [0.1, 0.15) is 0 Å². The highest BCUT2D eigenvalue weighted by atomic mass is 16.4. The van der Waals surface area contributed by atoms with Crippen molar-refractivity contribution < 1.29 is 29.4 Å². The molecule has 8 nitrogen and oxygen atoms in total. The Morgan fingerprint density at radius 1 is 0.475 bits per heavy atom. The Bertz CT molecular complexity index is 695. The normalized spacial score (nSPS) is 9.35. The number of nitrogens with two attached hydrogens (primary N) is 2. The van der Waals surface area contributed by atoms with E-state index in [0.717, 1.165) is 25.7 Å². The van der Waals surface area contributed by atoms with E-state index < -0.39 is 11.9 Å². The Balaban J connectivity index is -0.000000522. The minimum atomic E-state index is -0.818. The molecule has 0 aliphatic carbocycles. The smallest absolute Gasteiger partial charge is 0.303 e. The van der Waals surface area contributed by atoms with E-state index in [9.17, 15) is 19.2 Å². The summed E-state index contributed by atoms with van der Waals surface area (Å²) in [6.45, 7) is 4.43. The van der Waals surface area contributed by atoms with Gasteiger partial charge in [-0.15, -0.1) is 0 Å². The zero-order chi connectivity index (χ0) is 30.7. The van der Waals surface area contributed by atoms with E-state index in [2.05, 4.69) is 37.5 Å². The van der Waals surface area contributed by atoms with E-state index in [1.807, 2.05) is 0 Å². The maximum Gasteiger partial charge on any atom is 0.303 e. The van der Waals surface area contributed by atoms with Crippen LogP contribution in [-0.4, -0.2) is 34.0 Å². The lowest BCUT2D eigenvalue weighted by Crippen LogP contribution is -2.09. The van der Waals surface area contributed by atoms with Crippen molar-refractivity contribution in [3.05, 3.63) is 0 Å². The van der Waals surface area contributed by atoms with Crippen molar-refractivity contribution in [2.24, 2.45) is 11.5 Å². The van der Waals surface area contributed by atoms with Gasteiger partial charge in [0.05, 0.1) is 0 Å². The molecule has 0 spiro atoms. The molecule has 0 unspecified atom stereocenters. The monoisotopic (exact) mass is 564 g/mol. The number of carboxylic acids is 2. The predicted octanol–water partition coefficient (Wildman–Crippen LogP) is 6.73. The quantitative estimate of drug-likeness (QED) is 0.0842. The van der Waals surface area contributed by atoms with Crippen LogP contribution >= 0.6 is 0 Å². The lowest BCUT2D eigenvalue weighted by molar-refractivity contribution is -0.138. The molecule has 230 valence electrons. The van der Waals surface area contributed by atoms with E-state index in [-0.39, 0.29) is 24.7 Å². The maximum atomic E-state index is 10.4. The van der Waals surface area contributed by atoms with Gasteiger partial charge in [0, 0.05) is 38.5 Å². The number of primary amides is 2. The van der Waals surface area contributed by atoms with Gasteiger partial charge in [0.2, 0.25) is 11.8 Å². The Kier molecular flexibility index (Phi) is 37.3. The summed E-state index contributed by atoms with van der Waals surface area (Å²) in [6, 6.07) is 0. The summed E-state index contributed by atoms with van der Waals surface area (Å²) in [6.07, 6.45) is 20.8. The third-order valence-corrected chi connectivity index (χ3v) is 5.68. The highest BCUT2D eigenvalue weighted by Gasteiger charge is 1.96. The fourth-order valence-corrected chi connectivity index (χ4v) is 3.38. The third kappa shape index (κ3) is 51.6. The van der Waals surface area contributed by atoms with Gasteiger partial charge < -0.3 is 21.7 Å². The van der Waals surface area contributed by atoms with Crippen molar-refractivity contribution in [1.82, 2.24) is 0 Å². The summed E-state index contributed by atoms with van der Waals surface area (Å²) in [5.74, 6) is 8.70.